The molecule has 1 aliphatic carbocycles. The van der Waals surface area contributed by atoms with Crippen LogP contribution in [0.3, 0.4) is 0 Å². The molecule has 0 aliphatic heterocycles. The van der Waals surface area contributed by atoms with Gasteiger partial charge < -0.3 is 10.4 Å². The molecule has 1 fully saturated rings. The minimum atomic E-state index is -0.169. The first-order valence-electron chi connectivity index (χ1n) is 5.48. The third-order valence-electron chi connectivity index (χ3n) is 3.17. The Morgan fingerprint density at radius 3 is 3.06 bits per heavy atom. The molecular formula is C10H15N3O2S. The third kappa shape index (κ3) is 2.56. The second kappa shape index (κ2) is 5.36. The monoisotopic (exact) mass is 241 g/mol. The summed E-state index contributed by atoms with van der Waals surface area (Å²) in [6.07, 6.45) is 4.76. The van der Waals surface area contributed by atoms with E-state index in [1.165, 1.54) is 6.20 Å². The van der Waals surface area contributed by atoms with Crippen molar-refractivity contribution >= 4 is 17.6 Å². The van der Waals surface area contributed by atoms with Crippen LogP contribution >= 0.6 is 11.7 Å². The van der Waals surface area contributed by atoms with Crippen molar-refractivity contribution in [3.05, 3.63) is 11.9 Å². The number of hydrogen-bond acceptors (Lipinski definition) is 5. The van der Waals surface area contributed by atoms with Gasteiger partial charge in [0, 0.05) is 13.2 Å². The third-order valence-corrected chi connectivity index (χ3v) is 3.65. The van der Waals surface area contributed by atoms with Gasteiger partial charge in [0.2, 0.25) is 0 Å². The van der Waals surface area contributed by atoms with Crippen molar-refractivity contribution in [1.82, 2.24) is 14.1 Å². The molecule has 1 amide bonds. The van der Waals surface area contributed by atoms with E-state index in [0.29, 0.717) is 24.1 Å². The highest BCUT2D eigenvalue weighted by atomic mass is 32.1. The molecule has 2 N–H and O–H groups in total. The predicted molar refractivity (Wildman–Crippen MR) is 60.2 cm³/mol. The second-order valence-electron chi connectivity index (χ2n) is 4.14. The molecule has 1 saturated carbocycles. The minimum Gasteiger partial charge on any atom is -0.396 e. The predicted octanol–water partition coefficient (Wildman–Crippen LogP) is 0.676. The fourth-order valence-corrected chi connectivity index (χ4v) is 2.61. The summed E-state index contributed by atoms with van der Waals surface area (Å²) in [5.41, 5.74) is 0.378. The summed E-state index contributed by atoms with van der Waals surface area (Å²) in [7, 11) is 0. The van der Waals surface area contributed by atoms with E-state index in [2.05, 4.69) is 14.1 Å². The summed E-state index contributed by atoms with van der Waals surface area (Å²) >= 11 is 1.03. The normalized spacial score (nSPS) is 24.6. The number of aliphatic hydroxyl groups is 1. The maximum absolute atomic E-state index is 11.6. The molecule has 6 heteroatoms. The molecule has 2 rings (SSSR count). The Bertz CT molecular complexity index is 342. The molecule has 2 atom stereocenters. The molecule has 1 heterocycles. The SMILES string of the molecule is O=C(NCC1CCCC1CO)c1cnsn1. The number of nitrogens with one attached hydrogen (secondary N) is 1. The molecule has 0 spiro atoms. The average Bonchev–Trinajstić information content (AvgIpc) is 2.96. The zero-order chi connectivity index (χ0) is 11.4. The lowest BCUT2D eigenvalue weighted by Crippen LogP contribution is -2.31. The molecule has 2 unspecified atom stereocenters. The van der Waals surface area contributed by atoms with Gasteiger partial charge in [0.1, 0.15) is 0 Å². The summed E-state index contributed by atoms with van der Waals surface area (Å²) in [5.74, 6) is 0.576. The molecule has 0 aromatic carbocycles. The number of hydrogen-bond donors (Lipinski definition) is 2. The molecule has 88 valence electrons. The van der Waals surface area contributed by atoms with E-state index in [-0.39, 0.29) is 12.5 Å². The molecule has 1 aliphatic rings. The van der Waals surface area contributed by atoms with Gasteiger partial charge in [-0.05, 0) is 24.7 Å². The van der Waals surface area contributed by atoms with Gasteiger partial charge in [-0.1, -0.05) is 6.42 Å². The van der Waals surface area contributed by atoms with Crippen LogP contribution in [0.5, 0.6) is 0 Å². The van der Waals surface area contributed by atoms with Crippen LogP contribution in [0.1, 0.15) is 29.8 Å². The number of aliphatic hydroxyl groups excluding tert-OH is 1. The van der Waals surface area contributed by atoms with Gasteiger partial charge in [-0.25, -0.2) is 0 Å². The quantitative estimate of drug-likeness (QED) is 0.812. The molecular weight excluding hydrogens is 226 g/mol. The van der Waals surface area contributed by atoms with Crippen LogP contribution < -0.4 is 5.32 Å². The molecule has 0 saturated heterocycles. The van der Waals surface area contributed by atoms with Crippen LogP contribution in [0.25, 0.3) is 0 Å². The van der Waals surface area contributed by atoms with Crippen LogP contribution in [0.2, 0.25) is 0 Å². The number of nitrogens with zero attached hydrogens (tertiary/aromatic N) is 2. The van der Waals surface area contributed by atoms with Gasteiger partial charge in [-0.3, -0.25) is 4.79 Å². The van der Waals surface area contributed by atoms with Gasteiger partial charge in [-0.2, -0.15) is 8.75 Å². The topological polar surface area (TPSA) is 75.1 Å². The fraction of sp³-hybridized carbons (Fsp3) is 0.700. The lowest BCUT2D eigenvalue weighted by molar-refractivity contribution is 0.0933. The summed E-state index contributed by atoms with van der Waals surface area (Å²) in [6, 6.07) is 0. The van der Waals surface area contributed by atoms with Crippen molar-refractivity contribution in [2.24, 2.45) is 11.8 Å². The van der Waals surface area contributed by atoms with Crippen molar-refractivity contribution < 1.29 is 9.90 Å². The van der Waals surface area contributed by atoms with E-state index in [1.54, 1.807) is 0 Å². The van der Waals surface area contributed by atoms with E-state index in [9.17, 15) is 4.79 Å². The Labute approximate surface area is 98.2 Å². The first kappa shape index (κ1) is 11.5. The molecule has 5 nitrogen and oxygen atoms in total. The van der Waals surface area contributed by atoms with Crippen LogP contribution in [-0.4, -0.2) is 32.9 Å². The Kier molecular flexibility index (Phi) is 3.84. The Balaban J connectivity index is 1.81. The number of amides is 1. The molecule has 16 heavy (non-hydrogen) atoms. The average molecular weight is 241 g/mol. The summed E-state index contributed by atoms with van der Waals surface area (Å²) in [4.78, 5) is 11.6. The van der Waals surface area contributed by atoms with Crippen molar-refractivity contribution in [3.8, 4) is 0 Å². The van der Waals surface area contributed by atoms with Gasteiger partial charge >= 0.3 is 0 Å². The van der Waals surface area contributed by atoms with Crippen LogP contribution in [-0.2, 0) is 0 Å². The molecule has 0 radical (unpaired) electrons. The largest absolute Gasteiger partial charge is 0.396 e. The summed E-state index contributed by atoms with van der Waals surface area (Å²) in [5, 5.41) is 12.0. The number of carbonyl (C=O) groups excluding carboxylic acids is 1. The Hall–Kier alpha value is -1.01. The second-order valence-corrected chi connectivity index (χ2v) is 4.69. The van der Waals surface area contributed by atoms with Crippen molar-refractivity contribution in [2.45, 2.75) is 19.3 Å². The van der Waals surface area contributed by atoms with Crippen molar-refractivity contribution in [2.75, 3.05) is 13.2 Å². The lowest BCUT2D eigenvalue weighted by Gasteiger charge is -2.17. The highest BCUT2D eigenvalue weighted by molar-refractivity contribution is 6.99. The zero-order valence-electron chi connectivity index (χ0n) is 8.93. The van der Waals surface area contributed by atoms with E-state index in [1.807, 2.05) is 0 Å². The number of rotatable bonds is 4. The fourth-order valence-electron chi connectivity index (χ4n) is 2.20. The van der Waals surface area contributed by atoms with Crippen molar-refractivity contribution in [3.63, 3.8) is 0 Å². The molecule has 1 aromatic rings. The maximum Gasteiger partial charge on any atom is 0.272 e. The number of aromatic nitrogens is 2. The Morgan fingerprint density at radius 1 is 1.56 bits per heavy atom. The smallest absolute Gasteiger partial charge is 0.272 e. The van der Waals surface area contributed by atoms with Gasteiger partial charge in [-0.15, -0.1) is 0 Å². The number of carbonyl (C=O) groups is 1. The highest BCUT2D eigenvalue weighted by Crippen LogP contribution is 2.30. The standard InChI is InChI=1S/C10H15N3O2S/c14-6-8-3-1-2-7(8)4-11-10(15)9-5-12-16-13-9/h5,7-8,14H,1-4,6H2,(H,11,15). The molecule has 1 aromatic heterocycles. The van der Waals surface area contributed by atoms with Gasteiger partial charge in [0.15, 0.2) is 5.69 Å². The minimum absolute atomic E-state index is 0.169. The van der Waals surface area contributed by atoms with E-state index >= 15 is 0 Å². The summed E-state index contributed by atoms with van der Waals surface area (Å²) < 4.78 is 7.65. The summed E-state index contributed by atoms with van der Waals surface area (Å²) in [6.45, 7) is 0.848. The zero-order valence-corrected chi connectivity index (χ0v) is 9.74. The first-order chi connectivity index (χ1) is 7.81. The van der Waals surface area contributed by atoms with E-state index < -0.39 is 0 Å². The van der Waals surface area contributed by atoms with Crippen LogP contribution in [0.4, 0.5) is 0 Å². The van der Waals surface area contributed by atoms with E-state index in [0.717, 1.165) is 31.0 Å². The van der Waals surface area contributed by atoms with E-state index in [4.69, 9.17) is 5.11 Å². The highest BCUT2D eigenvalue weighted by Gasteiger charge is 2.26. The maximum atomic E-state index is 11.6. The van der Waals surface area contributed by atoms with Gasteiger partial charge in [0.05, 0.1) is 17.9 Å². The first-order valence-corrected chi connectivity index (χ1v) is 6.21. The van der Waals surface area contributed by atoms with Gasteiger partial charge in [0.25, 0.3) is 5.91 Å². The van der Waals surface area contributed by atoms with Crippen molar-refractivity contribution in [1.29, 1.82) is 0 Å². The van der Waals surface area contributed by atoms with Crippen LogP contribution in [0.15, 0.2) is 6.20 Å². The molecule has 0 bridgehead atoms. The Morgan fingerprint density at radius 2 is 2.38 bits per heavy atom. The van der Waals surface area contributed by atoms with Crippen LogP contribution in [0, 0.1) is 11.8 Å². The lowest BCUT2D eigenvalue weighted by atomic mass is 9.97.